The average molecular weight is 388 g/mol. The number of anilines is 1. The van der Waals surface area contributed by atoms with Crippen LogP contribution in [-0.4, -0.2) is 21.6 Å². The van der Waals surface area contributed by atoms with Gasteiger partial charge in [-0.2, -0.15) is 0 Å². The molecule has 1 amide bonds. The largest absolute Gasteiger partial charge is 0.325 e. The van der Waals surface area contributed by atoms with Crippen LogP contribution in [0.4, 0.5) is 5.69 Å². The SMILES string of the molecule is Cc1cc(C)nc(Sc2ccc(NC(=O)CSc3cccs3)cc2)n1. The van der Waals surface area contributed by atoms with E-state index < -0.39 is 0 Å². The van der Waals surface area contributed by atoms with E-state index in [9.17, 15) is 4.79 Å². The molecule has 7 heteroatoms. The molecule has 0 aliphatic carbocycles. The molecule has 25 heavy (non-hydrogen) atoms. The summed E-state index contributed by atoms with van der Waals surface area (Å²) >= 11 is 4.71. The van der Waals surface area contributed by atoms with Crippen molar-refractivity contribution in [2.24, 2.45) is 0 Å². The highest BCUT2D eigenvalue weighted by Crippen LogP contribution is 2.27. The van der Waals surface area contributed by atoms with Gasteiger partial charge in [0.1, 0.15) is 0 Å². The third-order valence-electron chi connectivity index (χ3n) is 3.15. The number of amides is 1. The predicted molar refractivity (Wildman–Crippen MR) is 106 cm³/mol. The molecule has 0 aliphatic heterocycles. The maximum atomic E-state index is 12.0. The number of carbonyl (C=O) groups is 1. The minimum absolute atomic E-state index is 0.00329. The summed E-state index contributed by atoms with van der Waals surface area (Å²) in [5.74, 6) is 0.407. The number of thioether (sulfide) groups is 1. The molecule has 128 valence electrons. The number of rotatable bonds is 6. The zero-order chi connectivity index (χ0) is 17.6. The summed E-state index contributed by atoms with van der Waals surface area (Å²) in [5.41, 5.74) is 2.71. The van der Waals surface area contributed by atoms with Gasteiger partial charge in [-0.1, -0.05) is 6.07 Å². The zero-order valence-electron chi connectivity index (χ0n) is 13.9. The lowest BCUT2D eigenvalue weighted by Gasteiger charge is -2.06. The molecule has 3 aromatic rings. The van der Waals surface area contributed by atoms with E-state index in [0.29, 0.717) is 5.75 Å². The molecule has 0 aliphatic rings. The molecule has 0 radical (unpaired) electrons. The first kappa shape index (κ1) is 18.0. The summed E-state index contributed by atoms with van der Waals surface area (Å²) in [6.07, 6.45) is 0. The molecule has 4 nitrogen and oxygen atoms in total. The van der Waals surface area contributed by atoms with E-state index >= 15 is 0 Å². The van der Waals surface area contributed by atoms with E-state index in [1.807, 2.05) is 61.7 Å². The molecule has 2 aromatic heterocycles. The maximum absolute atomic E-state index is 12.0. The molecule has 0 fully saturated rings. The molecule has 0 saturated carbocycles. The summed E-state index contributed by atoms with van der Waals surface area (Å²) in [6, 6.07) is 13.7. The van der Waals surface area contributed by atoms with Crippen LogP contribution in [-0.2, 0) is 4.79 Å². The quantitative estimate of drug-likeness (QED) is 0.474. The second kappa shape index (κ2) is 8.51. The van der Waals surface area contributed by atoms with Crippen molar-refractivity contribution in [1.29, 1.82) is 0 Å². The van der Waals surface area contributed by atoms with Crippen LogP contribution in [0.25, 0.3) is 0 Å². The fourth-order valence-electron chi connectivity index (χ4n) is 2.13. The number of nitrogens with one attached hydrogen (secondary N) is 1. The number of aryl methyl sites for hydroxylation is 2. The molecule has 0 unspecified atom stereocenters. The van der Waals surface area contributed by atoms with Crippen molar-refractivity contribution >= 4 is 46.5 Å². The highest BCUT2D eigenvalue weighted by atomic mass is 32.2. The molecule has 3 rings (SSSR count). The van der Waals surface area contributed by atoms with Crippen LogP contribution in [0.1, 0.15) is 11.4 Å². The van der Waals surface area contributed by atoms with E-state index in [1.165, 1.54) is 11.8 Å². The molecule has 1 aromatic carbocycles. The number of benzene rings is 1. The topological polar surface area (TPSA) is 54.9 Å². The van der Waals surface area contributed by atoms with Crippen LogP contribution in [0.2, 0.25) is 0 Å². The Morgan fingerprint density at radius 1 is 1.12 bits per heavy atom. The Hall–Kier alpha value is -1.83. The van der Waals surface area contributed by atoms with E-state index in [1.54, 1.807) is 23.1 Å². The Labute approximate surface area is 159 Å². The Kier molecular flexibility index (Phi) is 6.12. The van der Waals surface area contributed by atoms with Gasteiger partial charge in [0, 0.05) is 22.0 Å². The van der Waals surface area contributed by atoms with E-state index in [4.69, 9.17) is 0 Å². The van der Waals surface area contributed by atoms with Gasteiger partial charge in [-0.15, -0.1) is 23.1 Å². The number of aromatic nitrogens is 2. The zero-order valence-corrected chi connectivity index (χ0v) is 16.3. The Morgan fingerprint density at radius 3 is 2.48 bits per heavy atom. The highest BCUT2D eigenvalue weighted by Gasteiger charge is 2.06. The van der Waals surface area contributed by atoms with Crippen LogP contribution in [0, 0.1) is 13.8 Å². The Morgan fingerprint density at radius 2 is 1.84 bits per heavy atom. The summed E-state index contributed by atoms with van der Waals surface area (Å²) in [7, 11) is 0. The van der Waals surface area contributed by atoms with E-state index in [-0.39, 0.29) is 5.91 Å². The molecule has 1 N–H and O–H groups in total. The standard InChI is InChI=1S/C18H17N3OS3/c1-12-10-13(2)20-18(19-12)25-15-7-5-14(6-8-15)21-16(22)11-24-17-4-3-9-23-17/h3-10H,11H2,1-2H3,(H,21,22). The smallest absolute Gasteiger partial charge is 0.234 e. The van der Waals surface area contributed by atoms with Gasteiger partial charge in [0.15, 0.2) is 5.16 Å². The summed E-state index contributed by atoms with van der Waals surface area (Å²) < 4.78 is 1.15. The molecule has 0 bridgehead atoms. The molecular formula is C18H17N3OS3. The lowest BCUT2D eigenvalue weighted by atomic mass is 10.3. The van der Waals surface area contributed by atoms with Crippen LogP contribution in [0.5, 0.6) is 0 Å². The van der Waals surface area contributed by atoms with Gasteiger partial charge < -0.3 is 5.32 Å². The van der Waals surface area contributed by atoms with Crippen molar-refractivity contribution < 1.29 is 4.79 Å². The summed E-state index contributed by atoms with van der Waals surface area (Å²) in [4.78, 5) is 21.9. The molecule has 0 atom stereocenters. The lowest BCUT2D eigenvalue weighted by Crippen LogP contribution is -2.13. The van der Waals surface area contributed by atoms with Crippen molar-refractivity contribution in [3.63, 3.8) is 0 Å². The fourth-order valence-corrected chi connectivity index (χ4v) is 4.58. The number of hydrogen-bond acceptors (Lipinski definition) is 6. The third-order valence-corrected chi connectivity index (χ3v) is 6.15. The minimum Gasteiger partial charge on any atom is -0.325 e. The second-order valence-corrected chi connectivity index (χ2v) is 8.59. The van der Waals surface area contributed by atoms with Gasteiger partial charge >= 0.3 is 0 Å². The van der Waals surface area contributed by atoms with Crippen LogP contribution < -0.4 is 5.32 Å². The van der Waals surface area contributed by atoms with Crippen LogP contribution >= 0.6 is 34.9 Å². The van der Waals surface area contributed by atoms with Gasteiger partial charge in [0.2, 0.25) is 5.91 Å². The van der Waals surface area contributed by atoms with Crippen molar-refractivity contribution in [3.05, 3.63) is 59.2 Å². The normalized spacial score (nSPS) is 10.6. The predicted octanol–water partition coefficient (Wildman–Crippen LogP) is 5.04. The highest BCUT2D eigenvalue weighted by molar-refractivity contribution is 8.01. The third kappa shape index (κ3) is 5.59. The van der Waals surface area contributed by atoms with E-state index in [2.05, 4.69) is 15.3 Å². The van der Waals surface area contributed by atoms with E-state index in [0.717, 1.165) is 31.3 Å². The van der Waals surface area contributed by atoms with Crippen molar-refractivity contribution in [3.8, 4) is 0 Å². The summed E-state index contributed by atoms with van der Waals surface area (Å²) in [6.45, 7) is 3.93. The molecule has 0 saturated heterocycles. The Balaban J connectivity index is 1.55. The van der Waals surface area contributed by atoms with Gasteiger partial charge in [0.25, 0.3) is 0 Å². The monoisotopic (exact) mass is 387 g/mol. The van der Waals surface area contributed by atoms with Gasteiger partial charge in [-0.3, -0.25) is 4.79 Å². The lowest BCUT2D eigenvalue weighted by molar-refractivity contribution is -0.113. The molecule has 0 spiro atoms. The molecule has 2 heterocycles. The first-order valence-electron chi connectivity index (χ1n) is 7.65. The minimum atomic E-state index is -0.00329. The summed E-state index contributed by atoms with van der Waals surface area (Å²) in [5, 5.41) is 5.67. The van der Waals surface area contributed by atoms with Gasteiger partial charge in [-0.25, -0.2) is 9.97 Å². The number of carbonyl (C=O) groups excluding carboxylic acids is 1. The van der Waals surface area contributed by atoms with Crippen LogP contribution in [0.3, 0.4) is 0 Å². The van der Waals surface area contributed by atoms with Crippen molar-refractivity contribution in [2.45, 2.75) is 28.1 Å². The van der Waals surface area contributed by atoms with Gasteiger partial charge in [-0.05, 0) is 67.4 Å². The average Bonchev–Trinajstić information content (AvgIpc) is 3.07. The number of nitrogens with zero attached hydrogens (tertiary/aromatic N) is 2. The first-order valence-corrected chi connectivity index (χ1v) is 10.3. The Bertz CT molecular complexity index is 828. The maximum Gasteiger partial charge on any atom is 0.234 e. The van der Waals surface area contributed by atoms with Gasteiger partial charge in [0.05, 0.1) is 9.96 Å². The molecular weight excluding hydrogens is 370 g/mol. The van der Waals surface area contributed by atoms with Crippen LogP contribution in [0.15, 0.2) is 62.1 Å². The second-order valence-electron chi connectivity index (χ2n) is 5.33. The van der Waals surface area contributed by atoms with Crippen molar-refractivity contribution in [2.75, 3.05) is 11.1 Å². The first-order chi connectivity index (χ1) is 12.1. The number of thiophene rings is 1. The van der Waals surface area contributed by atoms with Crippen molar-refractivity contribution in [1.82, 2.24) is 9.97 Å². The fraction of sp³-hybridized carbons (Fsp3) is 0.167. The number of hydrogen-bond donors (Lipinski definition) is 1.